The molecule has 3 heterocycles. The highest BCUT2D eigenvalue weighted by Gasteiger charge is 2.33. The molecule has 0 saturated carbocycles. The summed E-state index contributed by atoms with van der Waals surface area (Å²) in [5.74, 6) is 0.763. The maximum atomic E-state index is 13.5. The highest BCUT2D eigenvalue weighted by molar-refractivity contribution is 9.10. The molecule has 1 atom stereocenters. The number of halogens is 1. The molecule has 0 amide bonds. The SMILES string of the molecule is CCOC(=O)C1=C(C)N=c2s/c(=C\c3ccc(Br)o3)c(=O)n2C1c1ccc(OC(C)C)cc1. The molecule has 0 aliphatic carbocycles. The van der Waals surface area contributed by atoms with E-state index in [0.29, 0.717) is 36.8 Å². The first-order valence-corrected chi connectivity index (χ1v) is 12.1. The molecule has 0 fully saturated rings. The molecule has 0 N–H and O–H groups in total. The molecule has 9 heteroatoms. The molecule has 3 aromatic rings. The van der Waals surface area contributed by atoms with Gasteiger partial charge < -0.3 is 13.9 Å². The lowest BCUT2D eigenvalue weighted by Crippen LogP contribution is -2.39. The first-order valence-electron chi connectivity index (χ1n) is 10.5. The van der Waals surface area contributed by atoms with Crippen molar-refractivity contribution in [2.45, 2.75) is 39.8 Å². The zero-order valence-corrected chi connectivity index (χ0v) is 21.0. The number of carbonyl (C=O) groups excluding carboxylic acids is 1. The van der Waals surface area contributed by atoms with Gasteiger partial charge in [0.1, 0.15) is 11.5 Å². The van der Waals surface area contributed by atoms with Gasteiger partial charge in [0.2, 0.25) is 0 Å². The molecule has 1 aliphatic rings. The van der Waals surface area contributed by atoms with Crippen molar-refractivity contribution in [2.75, 3.05) is 6.61 Å². The number of hydrogen-bond acceptors (Lipinski definition) is 7. The quantitative estimate of drug-likeness (QED) is 0.450. The second kappa shape index (κ2) is 9.52. The van der Waals surface area contributed by atoms with Crippen LogP contribution in [0.15, 0.2) is 66.5 Å². The largest absolute Gasteiger partial charge is 0.491 e. The van der Waals surface area contributed by atoms with Gasteiger partial charge in [0.15, 0.2) is 9.47 Å². The van der Waals surface area contributed by atoms with E-state index >= 15 is 0 Å². The second-order valence-electron chi connectivity index (χ2n) is 7.68. The fourth-order valence-electron chi connectivity index (χ4n) is 3.64. The summed E-state index contributed by atoms with van der Waals surface area (Å²) in [4.78, 5) is 31.5. The highest BCUT2D eigenvalue weighted by Crippen LogP contribution is 2.31. The number of allylic oxidation sites excluding steroid dienone is 1. The first kappa shape index (κ1) is 23.3. The third-order valence-corrected chi connectivity index (χ3v) is 6.36. The molecule has 0 radical (unpaired) electrons. The Labute approximate surface area is 202 Å². The van der Waals surface area contributed by atoms with Gasteiger partial charge in [0.05, 0.1) is 34.6 Å². The van der Waals surface area contributed by atoms with Crippen LogP contribution >= 0.6 is 27.3 Å². The van der Waals surface area contributed by atoms with Crippen LogP contribution in [0.2, 0.25) is 0 Å². The minimum absolute atomic E-state index is 0.0346. The number of aromatic nitrogens is 1. The molecule has 4 rings (SSSR count). The van der Waals surface area contributed by atoms with E-state index in [1.165, 1.54) is 11.3 Å². The van der Waals surface area contributed by atoms with E-state index in [9.17, 15) is 9.59 Å². The van der Waals surface area contributed by atoms with Crippen LogP contribution in [0.3, 0.4) is 0 Å². The lowest BCUT2D eigenvalue weighted by Gasteiger charge is -2.25. The molecular formula is C24H23BrN2O5S. The Bertz CT molecular complexity index is 1400. The van der Waals surface area contributed by atoms with Gasteiger partial charge in [0.25, 0.3) is 5.56 Å². The monoisotopic (exact) mass is 530 g/mol. The van der Waals surface area contributed by atoms with Crippen molar-refractivity contribution >= 4 is 39.3 Å². The van der Waals surface area contributed by atoms with Crippen molar-refractivity contribution in [1.82, 2.24) is 4.57 Å². The number of rotatable bonds is 6. The summed E-state index contributed by atoms with van der Waals surface area (Å²) in [5, 5.41) is 0. The van der Waals surface area contributed by atoms with E-state index < -0.39 is 12.0 Å². The molecule has 0 saturated heterocycles. The highest BCUT2D eigenvalue weighted by atomic mass is 79.9. The molecular weight excluding hydrogens is 508 g/mol. The minimum Gasteiger partial charge on any atom is -0.491 e. The number of thiazole rings is 1. The summed E-state index contributed by atoms with van der Waals surface area (Å²) in [6.07, 6.45) is 1.71. The second-order valence-corrected chi connectivity index (χ2v) is 9.47. The average Bonchev–Trinajstić information content (AvgIpc) is 3.30. The van der Waals surface area contributed by atoms with Crippen LogP contribution in [-0.2, 0) is 9.53 Å². The summed E-state index contributed by atoms with van der Waals surface area (Å²) in [6, 6.07) is 10.3. The third kappa shape index (κ3) is 4.74. The lowest BCUT2D eigenvalue weighted by atomic mass is 9.96. The zero-order valence-electron chi connectivity index (χ0n) is 18.6. The van der Waals surface area contributed by atoms with E-state index in [0.717, 1.165) is 5.56 Å². The smallest absolute Gasteiger partial charge is 0.338 e. The molecule has 172 valence electrons. The van der Waals surface area contributed by atoms with Crippen molar-refractivity contribution in [2.24, 2.45) is 4.99 Å². The van der Waals surface area contributed by atoms with E-state index in [4.69, 9.17) is 13.9 Å². The van der Waals surface area contributed by atoms with Gasteiger partial charge in [-0.15, -0.1) is 0 Å². The normalized spacial score (nSPS) is 16.1. The van der Waals surface area contributed by atoms with Crippen LogP contribution in [0.5, 0.6) is 5.75 Å². The van der Waals surface area contributed by atoms with Gasteiger partial charge in [-0.05, 0) is 73.5 Å². The van der Waals surface area contributed by atoms with E-state index in [1.807, 2.05) is 38.1 Å². The summed E-state index contributed by atoms with van der Waals surface area (Å²) in [6.45, 7) is 7.64. The van der Waals surface area contributed by atoms with Crippen LogP contribution in [0.1, 0.15) is 45.1 Å². The Morgan fingerprint density at radius 3 is 2.61 bits per heavy atom. The Morgan fingerprint density at radius 2 is 2.00 bits per heavy atom. The predicted octanol–water partition coefficient (Wildman–Crippen LogP) is 3.94. The molecule has 1 unspecified atom stereocenters. The van der Waals surface area contributed by atoms with Crippen molar-refractivity contribution in [3.63, 3.8) is 0 Å². The number of carbonyl (C=O) groups is 1. The van der Waals surface area contributed by atoms with Gasteiger partial charge in [0, 0.05) is 6.08 Å². The average molecular weight is 531 g/mol. The van der Waals surface area contributed by atoms with E-state index in [-0.39, 0.29) is 18.3 Å². The molecule has 1 aromatic carbocycles. The number of furan rings is 1. The van der Waals surface area contributed by atoms with Crippen molar-refractivity contribution in [1.29, 1.82) is 0 Å². The Kier molecular flexibility index (Phi) is 6.71. The Hall–Kier alpha value is -2.91. The number of benzene rings is 1. The maximum Gasteiger partial charge on any atom is 0.338 e. The van der Waals surface area contributed by atoms with Gasteiger partial charge in [-0.25, -0.2) is 9.79 Å². The third-order valence-electron chi connectivity index (χ3n) is 4.95. The molecule has 33 heavy (non-hydrogen) atoms. The van der Waals surface area contributed by atoms with Crippen molar-refractivity contribution in [3.05, 3.63) is 83.3 Å². The van der Waals surface area contributed by atoms with E-state index in [2.05, 4.69) is 20.9 Å². The number of nitrogens with zero attached hydrogens (tertiary/aromatic N) is 2. The van der Waals surface area contributed by atoms with Crippen molar-refractivity contribution in [3.8, 4) is 5.75 Å². The number of ether oxygens (including phenoxy) is 2. The van der Waals surface area contributed by atoms with Gasteiger partial charge in [-0.1, -0.05) is 23.5 Å². The molecule has 1 aliphatic heterocycles. The maximum absolute atomic E-state index is 13.5. The topological polar surface area (TPSA) is 83.0 Å². The fraction of sp³-hybridized carbons (Fsp3) is 0.292. The Balaban J connectivity index is 1.89. The summed E-state index contributed by atoms with van der Waals surface area (Å²) in [5.41, 5.74) is 1.37. The summed E-state index contributed by atoms with van der Waals surface area (Å²) in [7, 11) is 0. The van der Waals surface area contributed by atoms with Crippen LogP contribution in [-0.4, -0.2) is 23.2 Å². The van der Waals surface area contributed by atoms with Gasteiger partial charge >= 0.3 is 5.97 Å². The minimum atomic E-state index is -0.668. The van der Waals surface area contributed by atoms with E-state index in [1.54, 1.807) is 36.6 Å². The number of fused-ring (bicyclic) bond motifs is 1. The van der Waals surface area contributed by atoms with Crippen LogP contribution < -0.4 is 19.6 Å². The number of hydrogen-bond donors (Lipinski definition) is 0. The molecule has 2 aromatic heterocycles. The van der Waals surface area contributed by atoms with Crippen LogP contribution in [0.25, 0.3) is 6.08 Å². The molecule has 0 bridgehead atoms. The van der Waals surface area contributed by atoms with Crippen LogP contribution in [0, 0.1) is 0 Å². The van der Waals surface area contributed by atoms with Crippen LogP contribution in [0.4, 0.5) is 0 Å². The number of esters is 1. The first-order chi connectivity index (χ1) is 15.8. The standard InChI is InChI=1S/C24H23BrN2O5S/c1-5-30-23(29)20-14(4)26-24-27(21(20)15-6-8-16(9-7-15)31-13(2)3)22(28)18(33-24)12-17-10-11-19(25)32-17/h6-13,21H,5H2,1-4H3/b18-12-. The van der Waals surface area contributed by atoms with Gasteiger partial charge in [-0.3, -0.25) is 9.36 Å². The molecule has 0 spiro atoms. The summed E-state index contributed by atoms with van der Waals surface area (Å²) < 4.78 is 19.2. The predicted molar refractivity (Wildman–Crippen MR) is 129 cm³/mol. The van der Waals surface area contributed by atoms with Gasteiger partial charge in [-0.2, -0.15) is 0 Å². The summed E-state index contributed by atoms with van der Waals surface area (Å²) >= 11 is 4.52. The zero-order chi connectivity index (χ0) is 23.7. The Morgan fingerprint density at radius 1 is 1.27 bits per heavy atom. The molecule has 7 nitrogen and oxygen atoms in total. The fourth-order valence-corrected chi connectivity index (χ4v) is 4.99. The van der Waals surface area contributed by atoms with Crippen molar-refractivity contribution < 1.29 is 18.7 Å². The lowest BCUT2D eigenvalue weighted by molar-refractivity contribution is -0.139.